The van der Waals surface area contributed by atoms with Crippen molar-refractivity contribution in [1.82, 2.24) is 5.32 Å². The van der Waals surface area contributed by atoms with Gasteiger partial charge in [0, 0.05) is 30.3 Å². The molecule has 0 radical (unpaired) electrons. The Morgan fingerprint density at radius 2 is 2.12 bits per heavy atom. The molecule has 1 aromatic carbocycles. The van der Waals surface area contributed by atoms with Gasteiger partial charge in [0.1, 0.15) is 11.5 Å². The van der Waals surface area contributed by atoms with Crippen molar-refractivity contribution >= 4 is 11.6 Å². The SMILES string of the molecule is COc1ccc(CNC/C=C/Cl)c(OC)c1. The minimum absolute atomic E-state index is 0.731. The Morgan fingerprint density at radius 3 is 2.75 bits per heavy atom. The average molecular weight is 242 g/mol. The predicted octanol–water partition coefficient (Wildman–Crippen LogP) is 2.55. The molecule has 0 aliphatic carbocycles. The van der Waals surface area contributed by atoms with Gasteiger partial charge in [0.05, 0.1) is 14.2 Å². The van der Waals surface area contributed by atoms with Crippen LogP contribution in [0.2, 0.25) is 0 Å². The summed E-state index contributed by atoms with van der Waals surface area (Å²) < 4.78 is 10.4. The van der Waals surface area contributed by atoms with Crippen LogP contribution >= 0.6 is 11.6 Å². The second-order valence-corrected chi connectivity index (χ2v) is 3.42. The lowest BCUT2D eigenvalue weighted by Crippen LogP contribution is -2.13. The lowest BCUT2D eigenvalue weighted by atomic mass is 10.2. The Morgan fingerprint density at radius 1 is 1.31 bits per heavy atom. The van der Waals surface area contributed by atoms with Crippen LogP contribution in [0.3, 0.4) is 0 Å². The van der Waals surface area contributed by atoms with Gasteiger partial charge >= 0.3 is 0 Å². The summed E-state index contributed by atoms with van der Waals surface area (Å²) in [5, 5.41) is 3.22. The summed E-state index contributed by atoms with van der Waals surface area (Å²) in [5.74, 6) is 1.61. The Bertz CT molecular complexity index is 353. The first-order valence-corrected chi connectivity index (χ1v) is 5.42. The molecule has 0 aliphatic heterocycles. The van der Waals surface area contributed by atoms with Crippen LogP contribution in [0.25, 0.3) is 0 Å². The molecule has 0 unspecified atom stereocenters. The highest BCUT2D eigenvalue weighted by atomic mass is 35.5. The fourth-order valence-electron chi connectivity index (χ4n) is 1.33. The molecule has 1 N–H and O–H groups in total. The number of hydrogen-bond acceptors (Lipinski definition) is 3. The van der Waals surface area contributed by atoms with Gasteiger partial charge in [-0.25, -0.2) is 0 Å². The molecule has 16 heavy (non-hydrogen) atoms. The van der Waals surface area contributed by atoms with Crippen molar-refractivity contribution in [3.8, 4) is 11.5 Å². The summed E-state index contributed by atoms with van der Waals surface area (Å²) in [6.07, 6.45) is 1.84. The molecule has 0 aliphatic rings. The van der Waals surface area contributed by atoms with Gasteiger partial charge in [0.2, 0.25) is 0 Å². The zero-order chi connectivity index (χ0) is 11.8. The van der Waals surface area contributed by atoms with E-state index in [0.717, 1.165) is 30.2 Å². The summed E-state index contributed by atoms with van der Waals surface area (Å²) in [6.45, 7) is 1.47. The summed E-state index contributed by atoms with van der Waals surface area (Å²) in [6, 6.07) is 5.76. The van der Waals surface area contributed by atoms with Gasteiger partial charge in [-0.15, -0.1) is 0 Å². The minimum atomic E-state index is 0.731. The maximum absolute atomic E-state index is 5.42. The van der Waals surface area contributed by atoms with E-state index in [1.165, 1.54) is 5.54 Å². The third-order valence-corrected chi connectivity index (χ3v) is 2.34. The zero-order valence-electron chi connectivity index (χ0n) is 9.50. The smallest absolute Gasteiger partial charge is 0.127 e. The van der Waals surface area contributed by atoms with E-state index in [9.17, 15) is 0 Å². The first-order chi connectivity index (χ1) is 7.81. The normalized spacial score (nSPS) is 10.7. The highest BCUT2D eigenvalue weighted by Gasteiger charge is 2.03. The van der Waals surface area contributed by atoms with Gasteiger partial charge in [-0.2, -0.15) is 0 Å². The average Bonchev–Trinajstić information content (AvgIpc) is 2.34. The first kappa shape index (κ1) is 12.9. The maximum Gasteiger partial charge on any atom is 0.127 e. The topological polar surface area (TPSA) is 30.5 Å². The molecule has 0 spiro atoms. The molecule has 0 saturated carbocycles. The molecule has 1 rings (SSSR count). The van der Waals surface area contributed by atoms with Crippen LogP contribution in [-0.4, -0.2) is 20.8 Å². The number of halogens is 1. The van der Waals surface area contributed by atoms with Crippen LogP contribution in [-0.2, 0) is 6.54 Å². The molecule has 3 nitrogen and oxygen atoms in total. The van der Waals surface area contributed by atoms with Crippen LogP contribution in [0.15, 0.2) is 29.8 Å². The molecule has 1 aromatic rings. The van der Waals surface area contributed by atoms with E-state index in [1.807, 2.05) is 24.3 Å². The van der Waals surface area contributed by atoms with E-state index in [0.29, 0.717) is 0 Å². The largest absolute Gasteiger partial charge is 0.497 e. The van der Waals surface area contributed by atoms with Gasteiger partial charge in [-0.3, -0.25) is 0 Å². The van der Waals surface area contributed by atoms with E-state index in [1.54, 1.807) is 14.2 Å². The zero-order valence-corrected chi connectivity index (χ0v) is 10.3. The molecule has 0 heterocycles. The summed E-state index contributed by atoms with van der Waals surface area (Å²) in [5.41, 5.74) is 2.59. The van der Waals surface area contributed by atoms with Gasteiger partial charge in [0.15, 0.2) is 0 Å². The van der Waals surface area contributed by atoms with E-state index in [-0.39, 0.29) is 0 Å². The van der Waals surface area contributed by atoms with Crippen molar-refractivity contribution in [1.29, 1.82) is 0 Å². The fraction of sp³-hybridized carbons (Fsp3) is 0.333. The third-order valence-electron chi connectivity index (χ3n) is 2.16. The van der Waals surface area contributed by atoms with E-state index in [2.05, 4.69) is 5.32 Å². The first-order valence-electron chi connectivity index (χ1n) is 4.98. The van der Waals surface area contributed by atoms with Crippen LogP contribution < -0.4 is 14.8 Å². The van der Waals surface area contributed by atoms with Crippen molar-refractivity contribution in [2.24, 2.45) is 0 Å². The molecular formula is C12H16ClNO2. The van der Waals surface area contributed by atoms with Gasteiger partial charge in [0.25, 0.3) is 0 Å². The molecule has 0 fully saturated rings. The summed E-state index contributed by atoms with van der Waals surface area (Å²) in [7, 11) is 3.29. The van der Waals surface area contributed by atoms with Crippen LogP contribution in [0.5, 0.6) is 11.5 Å². The highest BCUT2D eigenvalue weighted by molar-refractivity contribution is 6.25. The fourth-order valence-corrected chi connectivity index (χ4v) is 1.42. The van der Waals surface area contributed by atoms with Gasteiger partial charge < -0.3 is 14.8 Å². The number of methoxy groups -OCH3 is 2. The van der Waals surface area contributed by atoms with Crippen molar-refractivity contribution in [3.05, 3.63) is 35.4 Å². The molecule has 0 bridgehead atoms. The molecule has 0 aromatic heterocycles. The summed E-state index contributed by atoms with van der Waals surface area (Å²) in [4.78, 5) is 0. The predicted molar refractivity (Wildman–Crippen MR) is 66.2 cm³/mol. The molecule has 88 valence electrons. The second-order valence-electron chi connectivity index (χ2n) is 3.17. The van der Waals surface area contributed by atoms with Crippen molar-refractivity contribution in [3.63, 3.8) is 0 Å². The monoisotopic (exact) mass is 241 g/mol. The second kappa shape index (κ2) is 7.14. The highest BCUT2D eigenvalue weighted by Crippen LogP contribution is 2.24. The van der Waals surface area contributed by atoms with Crippen molar-refractivity contribution in [2.75, 3.05) is 20.8 Å². The standard InChI is InChI=1S/C12H16ClNO2/c1-15-11-5-4-10(12(8-11)16-2)9-14-7-3-6-13/h3-6,8,14H,7,9H2,1-2H3/b6-3+. The lowest BCUT2D eigenvalue weighted by Gasteiger charge is -2.10. The lowest BCUT2D eigenvalue weighted by molar-refractivity contribution is 0.390. The van der Waals surface area contributed by atoms with E-state index < -0.39 is 0 Å². The van der Waals surface area contributed by atoms with Gasteiger partial charge in [-0.05, 0) is 6.07 Å². The molecule has 0 atom stereocenters. The van der Waals surface area contributed by atoms with Crippen LogP contribution in [0, 0.1) is 0 Å². The number of ether oxygens (including phenoxy) is 2. The molecule has 0 amide bonds. The van der Waals surface area contributed by atoms with Crippen LogP contribution in [0.4, 0.5) is 0 Å². The number of nitrogens with one attached hydrogen (secondary N) is 1. The Kier molecular flexibility index (Phi) is 5.75. The molecule has 4 heteroatoms. The molecular weight excluding hydrogens is 226 g/mol. The Hall–Kier alpha value is -1.19. The van der Waals surface area contributed by atoms with Crippen LogP contribution in [0.1, 0.15) is 5.56 Å². The minimum Gasteiger partial charge on any atom is -0.497 e. The van der Waals surface area contributed by atoms with Crippen molar-refractivity contribution < 1.29 is 9.47 Å². The maximum atomic E-state index is 5.42. The third kappa shape index (κ3) is 3.76. The quantitative estimate of drug-likeness (QED) is 0.777. The Labute approximate surface area is 101 Å². The number of hydrogen-bond donors (Lipinski definition) is 1. The molecule has 0 saturated heterocycles. The van der Waals surface area contributed by atoms with Crippen molar-refractivity contribution in [2.45, 2.75) is 6.54 Å². The van der Waals surface area contributed by atoms with Gasteiger partial charge in [-0.1, -0.05) is 23.7 Å². The summed E-state index contributed by atoms with van der Waals surface area (Å²) >= 11 is 5.42. The number of benzene rings is 1. The van der Waals surface area contributed by atoms with E-state index in [4.69, 9.17) is 21.1 Å². The number of rotatable bonds is 6. The Balaban J connectivity index is 2.64. The van der Waals surface area contributed by atoms with E-state index >= 15 is 0 Å².